The first kappa shape index (κ1) is 11.8. The molecule has 0 unspecified atom stereocenters. The van der Waals surface area contributed by atoms with Gasteiger partial charge in [0.2, 0.25) is 5.28 Å². The van der Waals surface area contributed by atoms with Crippen LogP contribution in [0.25, 0.3) is 11.3 Å². The molecule has 1 aromatic carbocycles. The molecule has 0 bridgehead atoms. The number of halogens is 1. The van der Waals surface area contributed by atoms with Crippen LogP contribution in [0.15, 0.2) is 30.5 Å². The fourth-order valence-corrected chi connectivity index (χ4v) is 1.70. The molecule has 1 aromatic heterocycles. The number of benzene rings is 1. The molecule has 0 aliphatic rings. The van der Waals surface area contributed by atoms with Crippen molar-refractivity contribution < 1.29 is 9.84 Å². The lowest BCUT2D eigenvalue weighted by Crippen LogP contribution is -1.93. The number of ether oxygens (including phenoxy) is 1. The van der Waals surface area contributed by atoms with Crippen molar-refractivity contribution in [2.45, 2.75) is 6.61 Å². The Morgan fingerprint density at radius 2 is 2.18 bits per heavy atom. The minimum atomic E-state index is -0.0875. The minimum absolute atomic E-state index is 0.0875. The zero-order chi connectivity index (χ0) is 12.3. The summed E-state index contributed by atoms with van der Waals surface area (Å²) in [6.07, 6.45) is 1.59. The number of rotatable bonds is 3. The van der Waals surface area contributed by atoms with Crippen molar-refractivity contribution in [2.24, 2.45) is 0 Å². The fraction of sp³-hybridized carbons (Fsp3) is 0.167. The molecular formula is C12H11ClN2O2. The van der Waals surface area contributed by atoms with Crippen molar-refractivity contribution >= 4 is 11.6 Å². The van der Waals surface area contributed by atoms with Gasteiger partial charge < -0.3 is 9.84 Å². The van der Waals surface area contributed by atoms with Crippen molar-refractivity contribution in [3.8, 4) is 17.0 Å². The molecule has 0 aliphatic heterocycles. The lowest BCUT2D eigenvalue weighted by Gasteiger charge is -2.08. The van der Waals surface area contributed by atoms with Crippen LogP contribution in [0.2, 0.25) is 5.28 Å². The van der Waals surface area contributed by atoms with Gasteiger partial charge in [0.15, 0.2) is 0 Å². The summed E-state index contributed by atoms with van der Waals surface area (Å²) in [6, 6.07) is 7.22. The molecule has 0 aliphatic carbocycles. The Morgan fingerprint density at radius 3 is 2.82 bits per heavy atom. The van der Waals surface area contributed by atoms with Gasteiger partial charge in [-0.05, 0) is 35.9 Å². The quantitative estimate of drug-likeness (QED) is 0.850. The Labute approximate surface area is 104 Å². The van der Waals surface area contributed by atoms with E-state index in [1.54, 1.807) is 25.4 Å². The SMILES string of the molecule is COc1ccc(-c2ccnc(Cl)n2)cc1CO. The van der Waals surface area contributed by atoms with Gasteiger partial charge in [-0.2, -0.15) is 0 Å². The van der Waals surface area contributed by atoms with Gasteiger partial charge in [0.05, 0.1) is 19.4 Å². The van der Waals surface area contributed by atoms with E-state index in [0.29, 0.717) is 17.0 Å². The zero-order valence-electron chi connectivity index (χ0n) is 9.22. The molecule has 0 saturated carbocycles. The second-order valence-electron chi connectivity index (χ2n) is 3.40. The fourth-order valence-electron chi connectivity index (χ4n) is 1.56. The number of nitrogens with zero attached hydrogens (tertiary/aromatic N) is 2. The third-order valence-electron chi connectivity index (χ3n) is 2.37. The Morgan fingerprint density at radius 1 is 1.35 bits per heavy atom. The van der Waals surface area contributed by atoms with Gasteiger partial charge in [-0.15, -0.1) is 0 Å². The van der Waals surface area contributed by atoms with Crippen LogP contribution in [-0.2, 0) is 6.61 Å². The van der Waals surface area contributed by atoms with Crippen LogP contribution < -0.4 is 4.74 Å². The first-order valence-electron chi connectivity index (χ1n) is 5.01. The standard InChI is InChI=1S/C12H11ClN2O2/c1-17-11-3-2-8(6-9(11)7-16)10-4-5-14-12(13)15-10/h2-6,16H,7H2,1H3. The van der Waals surface area contributed by atoms with Crippen molar-refractivity contribution in [2.75, 3.05) is 7.11 Å². The lowest BCUT2D eigenvalue weighted by molar-refractivity contribution is 0.274. The van der Waals surface area contributed by atoms with Crippen molar-refractivity contribution in [1.82, 2.24) is 9.97 Å². The second kappa shape index (κ2) is 5.12. The molecule has 1 heterocycles. The number of aliphatic hydroxyl groups excluding tert-OH is 1. The highest BCUT2D eigenvalue weighted by molar-refractivity contribution is 6.28. The summed E-state index contributed by atoms with van der Waals surface area (Å²) in [5, 5.41) is 9.43. The van der Waals surface area contributed by atoms with Crippen LogP contribution in [0.1, 0.15) is 5.56 Å². The Bertz CT molecular complexity index is 532. The molecule has 0 atom stereocenters. The van der Waals surface area contributed by atoms with Gasteiger partial charge in [-0.1, -0.05) is 0 Å². The molecule has 0 amide bonds. The predicted molar refractivity (Wildman–Crippen MR) is 65.0 cm³/mol. The lowest BCUT2D eigenvalue weighted by atomic mass is 10.1. The van der Waals surface area contributed by atoms with Crippen LogP contribution in [0.3, 0.4) is 0 Å². The highest BCUT2D eigenvalue weighted by atomic mass is 35.5. The van der Waals surface area contributed by atoms with Crippen LogP contribution in [0.5, 0.6) is 5.75 Å². The van der Waals surface area contributed by atoms with Gasteiger partial charge >= 0.3 is 0 Å². The number of methoxy groups -OCH3 is 1. The first-order chi connectivity index (χ1) is 8.24. The summed E-state index contributed by atoms with van der Waals surface area (Å²) in [4.78, 5) is 7.93. The number of hydrogen-bond acceptors (Lipinski definition) is 4. The molecule has 4 nitrogen and oxygen atoms in total. The van der Waals surface area contributed by atoms with Crippen LogP contribution >= 0.6 is 11.6 Å². The topological polar surface area (TPSA) is 55.2 Å². The van der Waals surface area contributed by atoms with E-state index in [4.69, 9.17) is 16.3 Å². The third-order valence-corrected chi connectivity index (χ3v) is 2.55. The van der Waals surface area contributed by atoms with E-state index >= 15 is 0 Å². The highest BCUT2D eigenvalue weighted by Gasteiger charge is 2.06. The monoisotopic (exact) mass is 250 g/mol. The Kier molecular flexibility index (Phi) is 3.56. The molecule has 5 heteroatoms. The van der Waals surface area contributed by atoms with Crippen molar-refractivity contribution in [3.05, 3.63) is 41.3 Å². The smallest absolute Gasteiger partial charge is 0.222 e. The average molecular weight is 251 g/mol. The Hall–Kier alpha value is -1.65. The molecule has 88 valence electrons. The van der Waals surface area contributed by atoms with E-state index in [-0.39, 0.29) is 11.9 Å². The summed E-state index contributed by atoms with van der Waals surface area (Å²) < 4.78 is 5.13. The molecule has 0 fully saturated rings. The number of aromatic nitrogens is 2. The minimum Gasteiger partial charge on any atom is -0.496 e. The number of hydrogen-bond donors (Lipinski definition) is 1. The van der Waals surface area contributed by atoms with E-state index < -0.39 is 0 Å². The maximum atomic E-state index is 9.24. The van der Waals surface area contributed by atoms with Crippen LogP contribution in [0.4, 0.5) is 0 Å². The molecule has 2 aromatic rings. The predicted octanol–water partition coefficient (Wildman–Crippen LogP) is 2.30. The maximum Gasteiger partial charge on any atom is 0.222 e. The normalized spacial score (nSPS) is 10.3. The second-order valence-corrected chi connectivity index (χ2v) is 3.73. The molecule has 0 radical (unpaired) electrons. The molecule has 1 N–H and O–H groups in total. The average Bonchev–Trinajstić information content (AvgIpc) is 2.38. The molecule has 2 rings (SSSR count). The summed E-state index contributed by atoms with van der Waals surface area (Å²) in [5.41, 5.74) is 2.28. The van der Waals surface area contributed by atoms with Crippen molar-refractivity contribution in [1.29, 1.82) is 0 Å². The molecular weight excluding hydrogens is 240 g/mol. The Balaban J connectivity index is 2.46. The molecule has 17 heavy (non-hydrogen) atoms. The van der Waals surface area contributed by atoms with Gasteiger partial charge in [-0.3, -0.25) is 0 Å². The van der Waals surface area contributed by atoms with E-state index in [9.17, 15) is 5.11 Å². The van der Waals surface area contributed by atoms with Crippen molar-refractivity contribution in [3.63, 3.8) is 0 Å². The third kappa shape index (κ3) is 2.54. The van der Waals surface area contributed by atoms with Crippen LogP contribution in [-0.4, -0.2) is 22.2 Å². The summed E-state index contributed by atoms with van der Waals surface area (Å²) in [6.45, 7) is -0.0875. The van der Waals surface area contributed by atoms with E-state index in [0.717, 1.165) is 5.56 Å². The van der Waals surface area contributed by atoms with Gasteiger partial charge in [-0.25, -0.2) is 9.97 Å². The molecule has 0 spiro atoms. The van der Waals surface area contributed by atoms with E-state index in [1.807, 2.05) is 12.1 Å². The maximum absolute atomic E-state index is 9.24. The summed E-state index contributed by atoms with van der Waals surface area (Å²) in [5.74, 6) is 0.649. The van der Waals surface area contributed by atoms with Crippen LogP contribution in [0, 0.1) is 0 Å². The van der Waals surface area contributed by atoms with Gasteiger partial charge in [0.25, 0.3) is 0 Å². The summed E-state index contributed by atoms with van der Waals surface area (Å²) >= 11 is 5.73. The zero-order valence-corrected chi connectivity index (χ0v) is 9.98. The van der Waals surface area contributed by atoms with E-state index in [2.05, 4.69) is 9.97 Å². The first-order valence-corrected chi connectivity index (χ1v) is 5.39. The summed E-state index contributed by atoms with van der Waals surface area (Å²) in [7, 11) is 1.57. The largest absolute Gasteiger partial charge is 0.496 e. The van der Waals surface area contributed by atoms with Gasteiger partial charge in [0, 0.05) is 17.3 Å². The van der Waals surface area contributed by atoms with E-state index in [1.165, 1.54) is 0 Å². The van der Waals surface area contributed by atoms with Gasteiger partial charge in [0.1, 0.15) is 5.75 Å². The highest BCUT2D eigenvalue weighted by Crippen LogP contribution is 2.25. The molecule has 0 saturated heterocycles. The number of aliphatic hydroxyl groups is 1.